The van der Waals surface area contributed by atoms with Gasteiger partial charge in [0, 0.05) is 6.92 Å². The monoisotopic (exact) mass is 192 g/mol. The third-order valence-electron chi connectivity index (χ3n) is 1.79. The van der Waals surface area contributed by atoms with Crippen LogP contribution in [-0.4, -0.2) is 52.5 Å². The molecule has 0 bridgehead atoms. The highest BCUT2D eigenvalue weighted by Gasteiger charge is 2.42. The summed E-state index contributed by atoms with van der Waals surface area (Å²) in [6, 6.07) is 0. The van der Waals surface area contributed by atoms with Crippen molar-refractivity contribution in [2.45, 2.75) is 31.5 Å². The van der Waals surface area contributed by atoms with Crippen LogP contribution in [0.4, 0.5) is 0 Å². The number of aliphatic hydroxyl groups excluding tert-OH is 3. The fourth-order valence-electron chi connectivity index (χ4n) is 1.07. The predicted octanol–water partition coefficient (Wildman–Crippen LogP) is -2.01. The minimum absolute atomic E-state index is 0.176. The lowest BCUT2D eigenvalue weighted by atomic mass is 10.1. The fourth-order valence-corrected chi connectivity index (χ4v) is 1.07. The van der Waals surface area contributed by atoms with Crippen LogP contribution in [0, 0.1) is 0 Å². The summed E-state index contributed by atoms with van der Waals surface area (Å²) in [5.74, 6) is -0.508. The Bertz CT molecular complexity index is 193. The van der Waals surface area contributed by atoms with E-state index in [2.05, 4.69) is 4.74 Å². The second-order valence-electron chi connectivity index (χ2n) is 2.85. The Kier molecular flexibility index (Phi) is 3.21. The summed E-state index contributed by atoms with van der Waals surface area (Å²) in [5, 5.41) is 27.2. The van der Waals surface area contributed by atoms with Gasteiger partial charge < -0.3 is 24.8 Å². The highest BCUT2D eigenvalue weighted by Crippen LogP contribution is 2.19. The highest BCUT2D eigenvalue weighted by atomic mass is 16.7. The second kappa shape index (κ2) is 4.01. The molecule has 0 spiro atoms. The van der Waals surface area contributed by atoms with Crippen LogP contribution in [0.15, 0.2) is 0 Å². The Balaban J connectivity index is 2.40. The molecule has 0 aromatic heterocycles. The van der Waals surface area contributed by atoms with Crippen molar-refractivity contribution in [3.05, 3.63) is 0 Å². The molecule has 4 atom stereocenters. The van der Waals surface area contributed by atoms with Crippen LogP contribution >= 0.6 is 0 Å². The van der Waals surface area contributed by atoms with Crippen LogP contribution < -0.4 is 0 Å². The van der Waals surface area contributed by atoms with E-state index in [4.69, 9.17) is 14.9 Å². The number of hydrogen-bond donors (Lipinski definition) is 3. The molecule has 0 saturated carbocycles. The van der Waals surface area contributed by atoms with Gasteiger partial charge in [-0.05, 0) is 0 Å². The number of rotatable bonds is 2. The molecule has 0 aromatic carbocycles. The standard InChI is InChI=1S/C7H12O6/c1-3(8)12-2-4-5(9)6(10)7(11)13-4/h4-7,9-11H,2H2,1H3. The Morgan fingerprint density at radius 3 is 2.38 bits per heavy atom. The summed E-state index contributed by atoms with van der Waals surface area (Å²) in [6.45, 7) is 1.04. The lowest BCUT2D eigenvalue weighted by Crippen LogP contribution is -2.34. The van der Waals surface area contributed by atoms with E-state index in [1.165, 1.54) is 6.92 Å². The third-order valence-corrected chi connectivity index (χ3v) is 1.79. The van der Waals surface area contributed by atoms with E-state index >= 15 is 0 Å². The van der Waals surface area contributed by atoms with Gasteiger partial charge in [0.1, 0.15) is 24.9 Å². The van der Waals surface area contributed by atoms with Crippen LogP contribution in [0.3, 0.4) is 0 Å². The van der Waals surface area contributed by atoms with Crippen LogP contribution in [-0.2, 0) is 14.3 Å². The first-order chi connectivity index (χ1) is 6.02. The molecule has 1 saturated heterocycles. The van der Waals surface area contributed by atoms with Gasteiger partial charge in [-0.3, -0.25) is 4.79 Å². The summed E-state index contributed by atoms with van der Waals surface area (Å²) in [7, 11) is 0. The first-order valence-electron chi connectivity index (χ1n) is 3.85. The summed E-state index contributed by atoms with van der Waals surface area (Å²) in [4.78, 5) is 10.4. The summed E-state index contributed by atoms with van der Waals surface area (Å²) in [5.41, 5.74) is 0. The maximum Gasteiger partial charge on any atom is 0.302 e. The maximum atomic E-state index is 10.4. The highest BCUT2D eigenvalue weighted by molar-refractivity contribution is 5.65. The van der Waals surface area contributed by atoms with Crippen LogP contribution in [0.2, 0.25) is 0 Å². The van der Waals surface area contributed by atoms with Crippen molar-refractivity contribution in [3.8, 4) is 0 Å². The van der Waals surface area contributed by atoms with Crippen molar-refractivity contribution >= 4 is 5.97 Å². The summed E-state index contributed by atoms with van der Waals surface area (Å²) < 4.78 is 9.26. The molecule has 76 valence electrons. The first-order valence-corrected chi connectivity index (χ1v) is 3.85. The Hall–Kier alpha value is -0.690. The van der Waals surface area contributed by atoms with E-state index in [1.807, 2.05) is 0 Å². The molecule has 6 heteroatoms. The molecule has 1 fully saturated rings. The van der Waals surface area contributed by atoms with Gasteiger partial charge in [0.25, 0.3) is 0 Å². The van der Waals surface area contributed by atoms with Crippen molar-refractivity contribution in [1.82, 2.24) is 0 Å². The lowest BCUT2D eigenvalue weighted by Gasteiger charge is -2.13. The summed E-state index contributed by atoms with van der Waals surface area (Å²) >= 11 is 0. The molecule has 0 radical (unpaired) electrons. The smallest absolute Gasteiger partial charge is 0.302 e. The van der Waals surface area contributed by atoms with Crippen molar-refractivity contribution < 1.29 is 29.6 Å². The molecule has 4 unspecified atom stereocenters. The predicted molar refractivity (Wildman–Crippen MR) is 39.5 cm³/mol. The lowest BCUT2D eigenvalue weighted by molar-refractivity contribution is -0.155. The van der Waals surface area contributed by atoms with Crippen LogP contribution in [0.5, 0.6) is 0 Å². The molecule has 1 rings (SSSR count). The van der Waals surface area contributed by atoms with Crippen LogP contribution in [0.25, 0.3) is 0 Å². The van der Waals surface area contributed by atoms with Crippen molar-refractivity contribution in [3.63, 3.8) is 0 Å². The normalized spacial score (nSPS) is 39.1. The van der Waals surface area contributed by atoms with Crippen molar-refractivity contribution in [1.29, 1.82) is 0 Å². The Labute approximate surface area is 74.7 Å². The molecule has 3 N–H and O–H groups in total. The molecule has 0 aromatic rings. The molecule has 1 heterocycles. The zero-order chi connectivity index (χ0) is 10.0. The molecular formula is C7H12O6. The molecule has 6 nitrogen and oxygen atoms in total. The van der Waals surface area contributed by atoms with E-state index in [9.17, 15) is 9.90 Å². The second-order valence-corrected chi connectivity index (χ2v) is 2.85. The topological polar surface area (TPSA) is 96.2 Å². The quantitative estimate of drug-likeness (QED) is 0.437. The third kappa shape index (κ3) is 2.38. The van der Waals surface area contributed by atoms with E-state index in [0.717, 1.165) is 0 Å². The average Bonchev–Trinajstić information content (AvgIpc) is 2.29. The first kappa shape index (κ1) is 10.4. The van der Waals surface area contributed by atoms with Crippen LogP contribution in [0.1, 0.15) is 6.92 Å². The van der Waals surface area contributed by atoms with Gasteiger partial charge in [-0.25, -0.2) is 0 Å². The molecule has 0 amide bonds. The van der Waals surface area contributed by atoms with E-state index < -0.39 is 30.6 Å². The minimum atomic E-state index is -1.42. The molecule has 0 aliphatic carbocycles. The summed E-state index contributed by atoms with van der Waals surface area (Å²) in [6.07, 6.45) is -4.86. The van der Waals surface area contributed by atoms with Gasteiger partial charge in [0.05, 0.1) is 0 Å². The van der Waals surface area contributed by atoms with Crippen molar-refractivity contribution in [2.24, 2.45) is 0 Å². The number of esters is 1. The fraction of sp³-hybridized carbons (Fsp3) is 0.857. The van der Waals surface area contributed by atoms with Gasteiger partial charge in [0.2, 0.25) is 0 Å². The maximum absolute atomic E-state index is 10.4. The van der Waals surface area contributed by atoms with Gasteiger partial charge >= 0.3 is 5.97 Å². The number of hydrogen-bond acceptors (Lipinski definition) is 6. The zero-order valence-corrected chi connectivity index (χ0v) is 7.08. The molecular weight excluding hydrogens is 180 g/mol. The molecule has 13 heavy (non-hydrogen) atoms. The van der Waals surface area contributed by atoms with Gasteiger partial charge in [-0.15, -0.1) is 0 Å². The van der Waals surface area contributed by atoms with E-state index in [0.29, 0.717) is 0 Å². The van der Waals surface area contributed by atoms with Gasteiger partial charge in [0.15, 0.2) is 6.29 Å². The average molecular weight is 192 g/mol. The zero-order valence-electron chi connectivity index (χ0n) is 7.08. The number of carbonyl (C=O) groups is 1. The van der Waals surface area contributed by atoms with Gasteiger partial charge in [-0.2, -0.15) is 0 Å². The number of carbonyl (C=O) groups excluding carboxylic acids is 1. The van der Waals surface area contributed by atoms with Crippen molar-refractivity contribution in [2.75, 3.05) is 6.61 Å². The number of aliphatic hydroxyl groups is 3. The molecule has 1 aliphatic rings. The van der Waals surface area contributed by atoms with E-state index in [-0.39, 0.29) is 6.61 Å². The minimum Gasteiger partial charge on any atom is -0.463 e. The number of ether oxygens (including phenoxy) is 2. The molecule has 1 aliphatic heterocycles. The van der Waals surface area contributed by atoms with Gasteiger partial charge in [-0.1, -0.05) is 0 Å². The Morgan fingerprint density at radius 1 is 1.38 bits per heavy atom. The van der Waals surface area contributed by atoms with E-state index in [1.54, 1.807) is 0 Å². The largest absolute Gasteiger partial charge is 0.463 e. The SMILES string of the molecule is CC(=O)OCC1OC(O)C(O)C1O. The Morgan fingerprint density at radius 2 is 2.00 bits per heavy atom.